The summed E-state index contributed by atoms with van der Waals surface area (Å²) in [5.74, 6) is -0.228. The predicted octanol–water partition coefficient (Wildman–Crippen LogP) is 3.73. The van der Waals surface area contributed by atoms with Crippen molar-refractivity contribution < 1.29 is 9.18 Å². The van der Waals surface area contributed by atoms with Crippen molar-refractivity contribution in [1.82, 2.24) is 5.32 Å². The highest BCUT2D eigenvalue weighted by Crippen LogP contribution is 2.28. The lowest BCUT2D eigenvalue weighted by atomic mass is 10.1. The lowest BCUT2D eigenvalue weighted by Crippen LogP contribution is -2.28. The zero-order valence-electron chi connectivity index (χ0n) is 9.76. The van der Waals surface area contributed by atoms with E-state index >= 15 is 0 Å². The monoisotopic (exact) mass is 333 g/mol. The van der Waals surface area contributed by atoms with Crippen LogP contribution in [0, 0.1) is 11.7 Å². The lowest BCUT2D eigenvalue weighted by molar-refractivity contribution is 0.0946. The van der Waals surface area contributed by atoms with Crippen LogP contribution < -0.4 is 5.32 Å². The molecule has 0 aliphatic heterocycles. The third-order valence-corrected chi connectivity index (χ3v) is 4.29. The Kier molecular flexibility index (Phi) is 4.62. The van der Waals surface area contributed by atoms with Crippen molar-refractivity contribution >= 4 is 33.4 Å². The maximum Gasteiger partial charge on any atom is 0.252 e. The molecule has 1 saturated carbocycles. The van der Waals surface area contributed by atoms with Gasteiger partial charge in [0, 0.05) is 16.4 Å². The summed E-state index contributed by atoms with van der Waals surface area (Å²) in [5, 5.41) is 3.06. The van der Waals surface area contributed by atoms with Gasteiger partial charge in [0.15, 0.2) is 0 Å². The number of hydrogen-bond donors (Lipinski definition) is 1. The summed E-state index contributed by atoms with van der Waals surface area (Å²) in [6.07, 6.45) is 2.98. The Morgan fingerprint density at radius 1 is 1.50 bits per heavy atom. The molecule has 0 radical (unpaired) electrons. The molecule has 1 N–H and O–H groups in total. The largest absolute Gasteiger partial charge is 0.352 e. The fraction of sp³-hybridized carbons (Fsp3) is 0.462. The topological polar surface area (TPSA) is 29.1 Å². The summed E-state index contributed by atoms with van der Waals surface area (Å²) in [6.45, 7) is 0.602. The molecule has 1 aliphatic carbocycles. The minimum atomic E-state index is -0.412. The van der Waals surface area contributed by atoms with Crippen LogP contribution in [0.15, 0.2) is 22.7 Å². The van der Waals surface area contributed by atoms with E-state index in [1.54, 1.807) is 0 Å². The Morgan fingerprint density at radius 3 is 2.94 bits per heavy atom. The molecule has 1 aliphatic rings. The van der Waals surface area contributed by atoms with Crippen LogP contribution in [-0.2, 0) is 0 Å². The van der Waals surface area contributed by atoms with Gasteiger partial charge in [-0.1, -0.05) is 0 Å². The summed E-state index contributed by atoms with van der Waals surface area (Å²) in [6, 6.07) is 4.09. The number of benzene rings is 1. The van der Waals surface area contributed by atoms with Crippen molar-refractivity contribution in [3.8, 4) is 0 Å². The molecule has 2 atom stereocenters. The van der Waals surface area contributed by atoms with Gasteiger partial charge >= 0.3 is 0 Å². The SMILES string of the molecule is O=C(NCC1CCC(Cl)C1)c1cc(F)ccc1Br. The van der Waals surface area contributed by atoms with Crippen molar-refractivity contribution in [2.24, 2.45) is 5.92 Å². The van der Waals surface area contributed by atoms with Gasteiger partial charge in [0.05, 0.1) is 5.56 Å². The first-order chi connectivity index (χ1) is 8.56. The van der Waals surface area contributed by atoms with Crippen LogP contribution in [0.1, 0.15) is 29.6 Å². The zero-order valence-corrected chi connectivity index (χ0v) is 12.1. The summed E-state index contributed by atoms with van der Waals surface area (Å²) in [7, 11) is 0. The fourth-order valence-corrected chi connectivity index (χ4v) is 3.01. The first-order valence-electron chi connectivity index (χ1n) is 5.93. The number of carbonyl (C=O) groups is 1. The number of halogens is 3. The van der Waals surface area contributed by atoms with Crippen LogP contribution in [0.3, 0.4) is 0 Å². The first kappa shape index (κ1) is 13.8. The van der Waals surface area contributed by atoms with Gasteiger partial charge in [-0.3, -0.25) is 4.79 Å². The Hall–Kier alpha value is -0.610. The molecule has 1 aromatic carbocycles. The van der Waals surface area contributed by atoms with Crippen LogP contribution in [0.2, 0.25) is 0 Å². The Bertz CT molecular complexity index is 455. The van der Waals surface area contributed by atoms with Gasteiger partial charge in [0.1, 0.15) is 5.82 Å². The number of alkyl halides is 1. The second kappa shape index (κ2) is 6.02. The molecule has 0 bridgehead atoms. The van der Waals surface area contributed by atoms with Gasteiger partial charge in [-0.15, -0.1) is 11.6 Å². The van der Waals surface area contributed by atoms with E-state index in [2.05, 4.69) is 21.2 Å². The molecule has 1 amide bonds. The van der Waals surface area contributed by atoms with Crippen LogP contribution >= 0.6 is 27.5 Å². The second-order valence-corrected chi connectivity index (χ2v) is 6.08. The predicted molar refractivity (Wildman–Crippen MR) is 73.4 cm³/mol. The van der Waals surface area contributed by atoms with E-state index in [-0.39, 0.29) is 11.3 Å². The molecule has 1 fully saturated rings. The average molecular weight is 335 g/mol. The smallest absolute Gasteiger partial charge is 0.252 e. The molecule has 0 spiro atoms. The highest BCUT2D eigenvalue weighted by atomic mass is 79.9. The van der Waals surface area contributed by atoms with Gasteiger partial charge < -0.3 is 5.32 Å². The van der Waals surface area contributed by atoms with Gasteiger partial charge in [0.2, 0.25) is 0 Å². The number of carbonyl (C=O) groups excluding carboxylic acids is 1. The van der Waals surface area contributed by atoms with Gasteiger partial charge in [0.25, 0.3) is 5.91 Å². The third kappa shape index (κ3) is 3.45. The first-order valence-corrected chi connectivity index (χ1v) is 7.16. The molecule has 18 heavy (non-hydrogen) atoms. The van der Waals surface area contributed by atoms with Gasteiger partial charge in [-0.25, -0.2) is 4.39 Å². The van der Waals surface area contributed by atoms with Crippen molar-refractivity contribution in [2.45, 2.75) is 24.6 Å². The Morgan fingerprint density at radius 2 is 2.28 bits per heavy atom. The van der Waals surface area contributed by atoms with Crippen molar-refractivity contribution in [3.05, 3.63) is 34.1 Å². The van der Waals surface area contributed by atoms with Crippen molar-refractivity contribution in [2.75, 3.05) is 6.54 Å². The van der Waals surface area contributed by atoms with E-state index in [0.29, 0.717) is 22.5 Å². The normalized spacial score (nSPS) is 23.1. The van der Waals surface area contributed by atoms with Crippen LogP contribution in [0.25, 0.3) is 0 Å². The third-order valence-electron chi connectivity index (χ3n) is 3.20. The minimum absolute atomic E-state index is 0.229. The molecular formula is C13H14BrClFNO. The quantitative estimate of drug-likeness (QED) is 0.839. The number of nitrogens with one attached hydrogen (secondary N) is 1. The number of amides is 1. The molecule has 0 aromatic heterocycles. The maximum atomic E-state index is 13.1. The second-order valence-electron chi connectivity index (χ2n) is 4.61. The molecule has 2 unspecified atom stereocenters. The molecule has 98 valence electrons. The van der Waals surface area contributed by atoms with E-state index < -0.39 is 5.82 Å². The molecule has 1 aromatic rings. The highest BCUT2D eigenvalue weighted by Gasteiger charge is 2.23. The highest BCUT2D eigenvalue weighted by molar-refractivity contribution is 9.10. The Labute approximate surface area is 119 Å². The number of rotatable bonds is 3. The van der Waals surface area contributed by atoms with Crippen LogP contribution in [0.4, 0.5) is 4.39 Å². The van der Waals surface area contributed by atoms with Gasteiger partial charge in [-0.2, -0.15) is 0 Å². The summed E-state index contributed by atoms with van der Waals surface area (Å²) < 4.78 is 13.7. The van der Waals surface area contributed by atoms with Crippen molar-refractivity contribution in [3.63, 3.8) is 0 Å². The zero-order chi connectivity index (χ0) is 13.1. The van der Waals surface area contributed by atoms with E-state index in [0.717, 1.165) is 19.3 Å². The maximum absolute atomic E-state index is 13.1. The van der Waals surface area contributed by atoms with Crippen LogP contribution in [0.5, 0.6) is 0 Å². The molecule has 0 heterocycles. The van der Waals surface area contributed by atoms with E-state index in [9.17, 15) is 9.18 Å². The average Bonchev–Trinajstić information content (AvgIpc) is 2.75. The van der Waals surface area contributed by atoms with Crippen LogP contribution in [-0.4, -0.2) is 17.8 Å². The molecule has 0 saturated heterocycles. The standard InChI is InChI=1S/C13H14BrClFNO/c14-12-4-3-10(16)6-11(12)13(18)17-7-8-1-2-9(15)5-8/h3-4,6,8-9H,1-2,5,7H2,(H,17,18). The minimum Gasteiger partial charge on any atom is -0.352 e. The molecule has 5 heteroatoms. The van der Waals surface area contributed by atoms with E-state index in [1.165, 1.54) is 18.2 Å². The number of hydrogen-bond acceptors (Lipinski definition) is 1. The fourth-order valence-electron chi connectivity index (χ4n) is 2.20. The molecular weight excluding hydrogens is 321 g/mol. The summed E-state index contributed by atoms with van der Waals surface area (Å²) >= 11 is 9.26. The summed E-state index contributed by atoms with van der Waals surface area (Å²) in [4.78, 5) is 11.9. The lowest BCUT2D eigenvalue weighted by Gasteiger charge is -2.11. The molecule has 2 rings (SSSR count). The summed E-state index contributed by atoms with van der Waals surface area (Å²) in [5.41, 5.74) is 0.329. The Balaban J connectivity index is 1.93. The van der Waals surface area contributed by atoms with Gasteiger partial charge in [-0.05, 0) is 59.3 Å². The van der Waals surface area contributed by atoms with Crippen molar-refractivity contribution in [1.29, 1.82) is 0 Å². The van der Waals surface area contributed by atoms with E-state index in [4.69, 9.17) is 11.6 Å². The molecule has 2 nitrogen and oxygen atoms in total. The van der Waals surface area contributed by atoms with E-state index in [1.807, 2.05) is 0 Å².